The number of likely N-dealkylation sites (tertiary alicyclic amines) is 1. The van der Waals surface area contributed by atoms with E-state index in [2.05, 4.69) is 4.98 Å². The zero-order valence-corrected chi connectivity index (χ0v) is 12.7. The lowest BCUT2D eigenvalue weighted by atomic mass is 10.0. The molecule has 0 saturated carbocycles. The summed E-state index contributed by atoms with van der Waals surface area (Å²) in [5, 5.41) is 9.14. The quantitative estimate of drug-likeness (QED) is 0.790. The minimum absolute atomic E-state index is 0.199. The van der Waals surface area contributed by atoms with E-state index >= 15 is 0 Å². The van der Waals surface area contributed by atoms with Crippen LogP contribution in [0.4, 0.5) is 0 Å². The fourth-order valence-electron chi connectivity index (χ4n) is 2.57. The molecule has 2 heterocycles. The Hall–Kier alpha value is -2.15. The molecule has 2 unspecified atom stereocenters. The molecule has 0 bridgehead atoms. The predicted octanol–water partition coefficient (Wildman–Crippen LogP) is 1.04. The van der Waals surface area contributed by atoms with Crippen LogP contribution in [0.1, 0.15) is 23.7 Å². The molecule has 0 aliphatic carbocycles. The minimum atomic E-state index is -0.860. The van der Waals surface area contributed by atoms with Crippen LogP contribution >= 0.6 is 0 Å². The maximum atomic E-state index is 12.5. The fourth-order valence-corrected chi connectivity index (χ4v) is 2.57. The summed E-state index contributed by atoms with van der Waals surface area (Å²) in [5.74, 6) is -1.22. The first-order valence-corrected chi connectivity index (χ1v) is 7.16. The molecule has 0 spiro atoms. The molecule has 1 aliphatic heterocycles. The second-order valence-corrected chi connectivity index (χ2v) is 5.20. The lowest BCUT2D eigenvalue weighted by Crippen LogP contribution is -2.37. The molecule has 1 aliphatic rings. The van der Waals surface area contributed by atoms with Gasteiger partial charge in [-0.25, -0.2) is 4.98 Å². The second kappa shape index (κ2) is 7.22. The molecule has 120 valence electrons. The van der Waals surface area contributed by atoms with E-state index in [1.165, 1.54) is 6.20 Å². The number of pyridine rings is 1. The van der Waals surface area contributed by atoms with E-state index in [0.717, 1.165) is 0 Å². The molecule has 7 nitrogen and oxygen atoms in total. The van der Waals surface area contributed by atoms with Gasteiger partial charge in [-0.3, -0.25) is 9.59 Å². The number of ether oxygens (including phenoxy) is 2. The number of amides is 1. The molecule has 1 N–H and O–H groups in total. The van der Waals surface area contributed by atoms with Crippen LogP contribution in [0.3, 0.4) is 0 Å². The number of carboxylic acid groups (broad SMARTS) is 1. The van der Waals surface area contributed by atoms with Crippen LogP contribution < -0.4 is 4.74 Å². The molecule has 1 fully saturated rings. The number of rotatable bonds is 6. The van der Waals surface area contributed by atoms with E-state index in [1.54, 1.807) is 31.1 Å². The Balaban J connectivity index is 2.06. The average molecular weight is 308 g/mol. The largest absolute Gasteiger partial charge is 0.481 e. The zero-order chi connectivity index (χ0) is 16.1. The number of methoxy groups -OCH3 is 1. The van der Waals surface area contributed by atoms with Crippen molar-refractivity contribution in [2.75, 3.05) is 26.9 Å². The fraction of sp³-hybridized carbons (Fsp3) is 0.533. The van der Waals surface area contributed by atoms with Crippen LogP contribution in [-0.4, -0.2) is 59.8 Å². The van der Waals surface area contributed by atoms with Gasteiger partial charge in [0, 0.05) is 37.5 Å². The van der Waals surface area contributed by atoms with Crippen LogP contribution in [0.5, 0.6) is 5.88 Å². The van der Waals surface area contributed by atoms with Crippen molar-refractivity contribution in [3.05, 3.63) is 23.9 Å². The summed E-state index contributed by atoms with van der Waals surface area (Å²) >= 11 is 0. The summed E-state index contributed by atoms with van der Waals surface area (Å²) < 4.78 is 10.3. The highest BCUT2D eigenvalue weighted by atomic mass is 16.5. The minimum Gasteiger partial charge on any atom is -0.481 e. The summed E-state index contributed by atoms with van der Waals surface area (Å²) in [5.41, 5.74) is 0.445. The monoisotopic (exact) mass is 308 g/mol. The van der Waals surface area contributed by atoms with Crippen molar-refractivity contribution < 1.29 is 24.2 Å². The van der Waals surface area contributed by atoms with Crippen LogP contribution in [0, 0.1) is 5.92 Å². The highest BCUT2D eigenvalue weighted by molar-refractivity contribution is 5.95. The van der Waals surface area contributed by atoms with Crippen molar-refractivity contribution in [3.8, 4) is 5.88 Å². The van der Waals surface area contributed by atoms with Gasteiger partial charge in [0.2, 0.25) is 5.88 Å². The van der Waals surface area contributed by atoms with Gasteiger partial charge in [0.05, 0.1) is 12.5 Å². The average Bonchev–Trinajstić information content (AvgIpc) is 2.89. The molecular weight excluding hydrogens is 288 g/mol. The molecule has 22 heavy (non-hydrogen) atoms. The Kier molecular flexibility index (Phi) is 5.32. The Labute approximate surface area is 128 Å². The topological polar surface area (TPSA) is 89.0 Å². The number of carbonyl (C=O) groups excluding carboxylic acids is 1. The Bertz CT molecular complexity index is 548. The van der Waals surface area contributed by atoms with Crippen LogP contribution in [0.2, 0.25) is 0 Å². The summed E-state index contributed by atoms with van der Waals surface area (Å²) in [6, 6.07) is 2.85. The van der Waals surface area contributed by atoms with Crippen LogP contribution in [-0.2, 0) is 9.53 Å². The third-order valence-corrected chi connectivity index (χ3v) is 3.85. The molecule has 1 amide bonds. The van der Waals surface area contributed by atoms with Gasteiger partial charge < -0.3 is 19.5 Å². The standard InChI is InChI=1S/C15H20N2O5/c1-10-12(15(19)20)4-6-17(10)14(18)11-3-5-16-13(9-11)22-8-7-21-2/h3,5,9-10,12H,4,6-8H2,1-2H3,(H,19,20). The predicted molar refractivity (Wildman–Crippen MR) is 77.8 cm³/mol. The lowest BCUT2D eigenvalue weighted by molar-refractivity contribution is -0.142. The highest BCUT2D eigenvalue weighted by Crippen LogP contribution is 2.26. The van der Waals surface area contributed by atoms with Crippen LogP contribution in [0.25, 0.3) is 0 Å². The first kappa shape index (κ1) is 16.2. The van der Waals surface area contributed by atoms with Gasteiger partial charge in [-0.05, 0) is 19.4 Å². The first-order valence-electron chi connectivity index (χ1n) is 7.16. The SMILES string of the molecule is COCCOc1cc(C(=O)N2CCC(C(=O)O)C2C)ccn1. The smallest absolute Gasteiger partial charge is 0.308 e. The highest BCUT2D eigenvalue weighted by Gasteiger charge is 2.38. The normalized spacial score (nSPS) is 20.9. The Morgan fingerprint density at radius 2 is 2.23 bits per heavy atom. The molecule has 1 aromatic rings. The molecule has 7 heteroatoms. The summed E-state index contributed by atoms with van der Waals surface area (Å²) in [6.07, 6.45) is 1.98. The van der Waals surface area contributed by atoms with E-state index in [4.69, 9.17) is 14.6 Å². The molecule has 1 saturated heterocycles. The lowest BCUT2D eigenvalue weighted by Gasteiger charge is -2.23. The van der Waals surface area contributed by atoms with Crippen molar-refractivity contribution in [3.63, 3.8) is 0 Å². The number of aliphatic carboxylic acids is 1. The second-order valence-electron chi connectivity index (χ2n) is 5.20. The molecule has 1 aromatic heterocycles. The van der Waals surface area contributed by atoms with E-state index in [-0.39, 0.29) is 11.9 Å². The molecule has 2 atom stereocenters. The summed E-state index contributed by atoms with van der Waals surface area (Å²) in [6.45, 7) is 2.99. The number of aromatic nitrogens is 1. The van der Waals surface area contributed by atoms with E-state index in [9.17, 15) is 9.59 Å². The van der Waals surface area contributed by atoms with Gasteiger partial charge in [0.15, 0.2) is 0 Å². The third-order valence-electron chi connectivity index (χ3n) is 3.85. The van der Waals surface area contributed by atoms with Gasteiger partial charge in [-0.15, -0.1) is 0 Å². The van der Waals surface area contributed by atoms with E-state index < -0.39 is 11.9 Å². The number of hydrogen-bond donors (Lipinski definition) is 1. The van der Waals surface area contributed by atoms with Crippen molar-refractivity contribution >= 4 is 11.9 Å². The van der Waals surface area contributed by atoms with Crippen molar-refractivity contribution in [1.29, 1.82) is 0 Å². The van der Waals surface area contributed by atoms with Gasteiger partial charge in [-0.1, -0.05) is 0 Å². The summed E-state index contributed by atoms with van der Waals surface area (Å²) in [4.78, 5) is 29.3. The molecular formula is C15H20N2O5. The van der Waals surface area contributed by atoms with Crippen molar-refractivity contribution in [2.24, 2.45) is 5.92 Å². The van der Waals surface area contributed by atoms with Gasteiger partial charge >= 0.3 is 5.97 Å². The number of nitrogens with zero attached hydrogens (tertiary/aromatic N) is 2. The van der Waals surface area contributed by atoms with E-state index in [0.29, 0.717) is 37.6 Å². The van der Waals surface area contributed by atoms with Crippen molar-refractivity contribution in [1.82, 2.24) is 9.88 Å². The van der Waals surface area contributed by atoms with E-state index in [1.807, 2.05) is 0 Å². The number of carbonyl (C=O) groups is 2. The number of carboxylic acids is 1. The first-order chi connectivity index (χ1) is 10.5. The van der Waals surface area contributed by atoms with Crippen molar-refractivity contribution in [2.45, 2.75) is 19.4 Å². The van der Waals surface area contributed by atoms with Gasteiger partial charge in [-0.2, -0.15) is 0 Å². The molecule has 2 rings (SSSR count). The maximum Gasteiger partial charge on any atom is 0.308 e. The maximum absolute atomic E-state index is 12.5. The Morgan fingerprint density at radius 1 is 1.45 bits per heavy atom. The Morgan fingerprint density at radius 3 is 2.86 bits per heavy atom. The number of hydrogen-bond acceptors (Lipinski definition) is 5. The van der Waals surface area contributed by atoms with Gasteiger partial charge in [0.1, 0.15) is 6.61 Å². The van der Waals surface area contributed by atoms with Crippen LogP contribution in [0.15, 0.2) is 18.3 Å². The molecule has 0 aromatic carbocycles. The van der Waals surface area contributed by atoms with Gasteiger partial charge in [0.25, 0.3) is 5.91 Å². The molecule has 0 radical (unpaired) electrons. The zero-order valence-electron chi connectivity index (χ0n) is 12.7. The third kappa shape index (κ3) is 3.54. The summed E-state index contributed by atoms with van der Waals surface area (Å²) in [7, 11) is 1.57.